The quantitative estimate of drug-likeness (QED) is 0.0693. The second-order valence-electron chi connectivity index (χ2n) is 11.9. The molecule has 254 valence electrons. The molecule has 10 nitrogen and oxygen atoms in total. The molecular weight excluding hydrogens is 628 g/mol. The molecule has 0 aromatic heterocycles. The lowest BCUT2D eigenvalue weighted by atomic mass is 9.90. The van der Waals surface area contributed by atoms with Crippen LogP contribution >= 0.6 is 11.6 Å². The molecule has 0 amide bonds. The molecule has 2 aromatic carbocycles. The minimum Gasteiger partial charge on any atom is -0.492 e. The number of carbonyl (C=O) groups excluding carboxylic acids is 3. The maximum Gasteiger partial charge on any atom is 0.343 e. The minimum atomic E-state index is -0.578. The number of carbonyl (C=O) groups is 3. The average molecular weight is 671 g/mol. The molecule has 4 rings (SSSR count). The molecule has 0 bridgehead atoms. The third kappa shape index (κ3) is 12.1. The van der Waals surface area contributed by atoms with Crippen molar-refractivity contribution in [1.82, 2.24) is 0 Å². The second kappa shape index (κ2) is 18.6. The lowest BCUT2D eigenvalue weighted by Gasteiger charge is -2.37. The van der Waals surface area contributed by atoms with Gasteiger partial charge in [-0.05, 0) is 87.4 Å². The zero-order valence-corrected chi connectivity index (χ0v) is 27.6. The zero-order valence-electron chi connectivity index (χ0n) is 26.8. The van der Waals surface area contributed by atoms with E-state index in [1.807, 2.05) is 6.08 Å². The highest BCUT2D eigenvalue weighted by Crippen LogP contribution is 2.28. The van der Waals surface area contributed by atoms with Crippen molar-refractivity contribution in [1.29, 1.82) is 0 Å². The lowest BCUT2D eigenvalue weighted by Crippen LogP contribution is -2.43. The molecule has 0 spiro atoms. The first-order valence-corrected chi connectivity index (χ1v) is 16.3. The van der Waals surface area contributed by atoms with E-state index in [0.717, 1.165) is 38.6 Å². The molecule has 2 aliphatic rings. The maximum absolute atomic E-state index is 12.7. The Labute approximate surface area is 280 Å². The van der Waals surface area contributed by atoms with Crippen molar-refractivity contribution in [3.63, 3.8) is 0 Å². The normalized spacial score (nSPS) is 16.7. The summed E-state index contributed by atoms with van der Waals surface area (Å²) in [7, 11) is 0. The van der Waals surface area contributed by atoms with Gasteiger partial charge in [-0.3, -0.25) is 0 Å². The van der Waals surface area contributed by atoms with E-state index in [9.17, 15) is 14.4 Å². The van der Waals surface area contributed by atoms with E-state index >= 15 is 0 Å². The lowest BCUT2D eigenvalue weighted by molar-refractivity contribution is -0.138. The molecule has 0 radical (unpaired) electrons. The van der Waals surface area contributed by atoms with Gasteiger partial charge in [0.25, 0.3) is 0 Å². The van der Waals surface area contributed by atoms with E-state index in [1.165, 1.54) is 6.07 Å². The Morgan fingerprint density at radius 3 is 2.26 bits per heavy atom. The monoisotopic (exact) mass is 670 g/mol. The summed E-state index contributed by atoms with van der Waals surface area (Å²) in [6, 6.07) is 11.0. The van der Waals surface area contributed by atoms with Crippen LogP contribution in [0.25, 0.3) is 0 Å². The summed E-state index contributed by atoms with van der Waals surface area (Å²) >= 11 is 6.36. The number of halogens is 1. The fraction of sp³-hybridized carbons (Fsp3) is 0.472. The van der Waals surface area contributed by atoms with E-state index in [0.29, 0.717) is 86.6 Å². The van der Waals surface area contributed by atoms with Crippen molar-refractivity contribution < 1.29 is 47.5 Å². The summed E-state index contributed by atoms with van der Waals surface area (Å²) in [6.45, 7) is 9.76. The van der Waals surface area contributed by atoms with Crippen molar-refractivity contribution in [3.05, 3.63) is 77.4 Å². The Morgan fingerprint density at radius 1 is 0.936 bits per heavy atom. The van der Waals surface area contributed by atoms with Crippen molar-refractivity contribution in [3.8, 4) is 17.2 Å². The standard InChI is InChI=1S/C36H43ClO10/c1-3-33(38)45-21-7-6-19-43-28-11-8-26(9-12-28)34(39)46-29-13-15-30(16-14-29)47-35(40)27-10-17-32(31(37)22-27)44-20-5-4-18-41-23-36(2)24-42-25-36/h3,8,10,13-17,22,28H,1,4-7,9,11-12,18-21,23-25H2,2H3. The maximum atomic E-state index is 12.7. The van der Waals surface area contributed by atoms with Crippen molar-refractivity contribution in [2.45, 2.75) is 58.0 Å². The van der Waals surface area contributed by atoms with Gasteiger partial charge in [0.1, 0.15) is 17.2 Å². The molecular formula is C36H43ClO10. The molecule has 1 fully saturated rings. The van der Waals surface area contributed by atoms with Gasteiger partial charge in [-0.15, -0.1) is 0 Å². The SMILES string of the molecule is C=CC(=O)OCCCCOC1CC=C(C(=O)Oc2ccc(OC(=O)c3ccc(OCCCCOCC4(C)COC4)c(Cl)c3)cc2)CC1. The van der Waals surface area contributed by atoms with Crippen LogP contribution in [0, 0.1) is 5.41 Å². The van der Waals surface area contributed by atoms with Crippen molar-refractivity contribution in [2.24, 2.45) is 5.41 Å². The Morgan fingerprint density at radius 2 is 1.62 bits per heavy atom. The predicted molar refractivity (Wildman–Crippen MR) is 175 cm³/mol. The molecule has 1 saturated heterocycles. The minimum absolute atomic E-state index is 0.0342. The molecule has 0 saturated carbocycles. The van der Waals surface area contributed by atoms with Crippen LogP contribution in [0.1, 0.15) is 62.2 Å². The number of hydrogen-bond donors (Lipinski definition) is 0. The predicted octanol–water partition coefficient (Wildman–Crippen LogP) is 6.68. The summed E-state index contributed by atoms with van der Waals surface area (Å²) in [4.78, 5) is 36.4. The zero-order chi connectivity index (χ0) is 33.5. The first kappa shape index (κ1) is 36.1. The summed E-state index contributed by atoms with van der Waals surface area (Å²) in [5, 5.41) is 0.314. The van der Waals surface area contributed by atoms with Gasteiger partial charge in [0.2, 0.25) is 0 Å². The first-order chi connectivity index (χ1) is 22.7. The van der Waals surface area contributed by atoms with Crippen LogP contribution in [0.15, 0.2) is 66.8 Å². The highest BCUT2D eigenvalue weighted by Gasteiger charge is 2.33. The van der Waals surface area contributed by atoms with E-state index in [1.54, 1.807) is 36.4 Å². The van der Waals surface area contributed by atoms with Gasteiger partial charge in [0.15, 0.2) is 0 Å². The summed E-state index contributed by atoms with van der Waals surface area (Å²) < 4.78 is 38.5. The Hall–Kier alpha value is -3.70. The fourth-order valence-electron chi connectivity index (χ4n) is 4.83. The number of ether oxygens (including phenoxy) is 7. The Kier molecular flexibility index (Phi) is 14.3. The Balaban J connectivity index is 1.12. The molecule has 11 heteroatoms. The summed E-state index contributed by atoms with van der Waals surface area (Å²) in [5.74, 6) is -0.299. The van der Waals surface area contributed by atoms with E-state index in [4.69, 9.17) is 44.8 Å². The molecule has 1 aliphatic heterocycles. The molecule has 1 heterocycles. The number of unbranched alkanes of at least 4 members (excludes halogenated alkanes) is 2. The Bertz CT molecular complexity index is 1380. The van der Waals surface area contributed by atoms with Gasteiger partial charge < -0.3 is 33.2 Å². The number of rotatable bonds is 19. The number of esters is 3. The fourth-order valence-corrected chi connectivity index (χ4v) is 5.07. The number of benzene rings is 2. The molecule has 1 atom stereocenters. The number of hydrogen-bond acceptors (Lipinski definition) is 10. The van der Waals surface area contributed by atoms with Crippen molar-refractivity contribution >= 4 is 29.5 Å². The smallest absolute Gasteiger partial charge is 0.343 e. The van der Waals surface area contributed by atoms with Crippen LogP contribution in [-0.4, -0.2) is 70.3 Å². The van der Waals surface area contributed by atoms with Crippen LogP contribution in [-0.2, 0) is 28.5 Å². The van der Waals surface area contributed by atoms with E-state index < -0.39 is 17.9 Å². The van der Waals surface area contributed by atoms with E-state index in [-0.39, 0.29) is 17.1 Å². The van der Waals surface area contributed by atoms with Crippen LogP contribution in [0.4, 0.5) is 0 Å². The van der Waals surface area contributed by atoms with Crippen LogP contribution in [0.3, 0.4) is 0 Å². The molecule has 1 unspecified atom stereocenters. The topological polar surface area (TPSA) is 116 Å². The molecule has 47 heavy (non-hydrogen) atoms. The van der Waals surface area contributed by atoms with Crippen LogP contribution in [0.5, 0.6) is 17.2 Å². The largest absolute Gasteiger partial charge is 0.492 e. The van der Waals surface area contributed by atoms with Gasteiger partial charge >= 0.3 is 17.9 Å². The highest BCUT2D eigenvalue weighted by atomic mass is 35.5. The van der Waals surface area contributed by atoms with E-state index in [2.05, 4.69) is 13.5 Å². The molecule has 1 aliphatic carbocycles. The highest BCUT2D eigenvalue weighted by molar-refractivity contribution is 6.32. The molecule has 0 N–H and O–H groups in total. The second-order valence-corrected chi connectivity index (χ2v) is 12.3. The van der Waals surface area contributed by atoms with Crippen LogP contribution in [0.2, 0.25) is 5.02 Å². The van der Waals surface area contributed by atoms with Gasteiger partial charge in [0.05, 0.1) is 49.7 Å². The van der Waals surface area contributed by atoms with Crippen LogP contribution < -0.4 is 14.2 Å². The first-order valence-electron chi connectivity index (χ1n) is 16.0. The average Bonchev–Trinajstić information content (AvgIpc) is 3.06. The molecule has 2 aromatic rings. The summed E-state index contributed by atoms with van der Waals surface area (Å²) in [5.41, 5.74) is 1.02. The summed E-state index contributed by atoms with van der Waals surface area (Å²) in [6.07, 6.45) is 8.07. The van der Waals surface area contributed by atoms with Gasteiger partial charge in [-0.1, -0.05) is 31.2 Å². The van der Waals surface area contributed by atoms with Gasteiger partial charge in [-0.25, -0.2) is 14.4 Å². The third-order valence-corrected chi connectivity index (χ3v) is 7.93. The van der Waals surface area contributed by atoms with Gasteiger partial charge in [-0.2, -0.15) is 0 Å². The van der Waals surface area contributed by atoms with Crippen molar-refractivity contribution in [2.75, 3.05) is 46.2 Å². The van der Waals surface area contributed by atoms with Gasteiger partial charge in [0, 0.05) is 30.3 Å². The third-order valence-electron chi connectivity index (χ3n) is 7.63.